The van der Waals surface area contributed by atoms with Gasteiger partial charge in [0, 0.05) is 52.4 Å². The van der Waals surface area contributed by atoms with Crippen LogP contribution in [0.25, 0.3) is 0 Å². The van der Waals surface area contributed by atoms with Crippen LogP contribution in [0.2, 0.25) is 0 Å². The third kappa shape index (κ3) is 4.91. The van der Waals surface area contributed by atoms with Gasteiger partial charge >= 0.3 is 5.76 Å². The lowest BCUT2D eigenvalue weighted by Gasteiger charge is -2.36. The standard InChI is InChI=1S/C21H26F2N6O3S/c1-26-8-10-27(11-9-26)18-6-7-19(25-24-18)28-12-14-29(15-13-28)20(30)16-4-2-3-5-17(16)33(31,32)21(22)23/h2-7,21H,8-15H2,1H3. The first-order valence-corrected chi connectivity index (χ1v) is 12.2. The van der Waals surface area contributed by atoms with Gasteiger partial charge in [-0.2, -0.15) is 8.78 Å². The van der Waals surface area contributed by atoms with E-state index in [1.165, 1.54) is 23.1 Å². The number of rotatable bonds is 5. The lowest BCUT2D eigenvalue weighted by Crippen LogP contribution is -2.49. The van der Waals surface area contributed by atoms with Crippen molar-refractivity contribution in [2.24, 2.45) is 0 Å². The molecule has 2 saturated heterocycles. The quantitative estimate of drug-likeness (QED) is 0.631. The van der Waals surface area contributed by atoms with E-state index in [9.17, 15) is 22.0 Å². The number of carbonyl (C=O) groups excluding carboxylic acids is 1. The summed E-state index contributed by atoms with van der Waals surface area (Å²) >= 11 is 0. The average molecular weight is 481 g/mol. The number of hydrogen-bond donors (Lipinski definition) is 0. The van der Waals surface area contributed by atoms with Gasteiger partial charge in [0.25, 0.3) is 5.91 Å². The van der Waals surface area contributed by atoms with Crippen LogP contribution in [-0.4, -0.2) is 99.5 Å². The number of anilines is 2. The minimum atomic E-state index is -4.88. The Morgan fingerprint density at radius 1 is 0.848 bits per heavy atom. The summed E-state index contributed by atoms with van der Waals surface area (Å²) in [5, 5.41) is 8.70. The fraction of sp³-hybridized carbons (Fsp3) is 0.476. The SMILES string of the molecule is CN1CCN(c2ccc(N3CCN(C(=O)c4ccccc4S(=O)(=O)C(F)F)CC3)nn2)CC1. The van der Waals surface area contributed by atoms with Gasteiger partial charge in [-0.25, -0.2) is 8.42 Å². The first kappa shape index (κ1) is 23.3. The number of hydrogen-bond acceptors (Lipinski definition) is 8. The van der Waals surface area contributed by atoms with Crippen molar-refractivity contribution in [1.29, 1.82) is 0 Å². The first-order chi connectivity index (χ1) is 15.8. The molecule has 0 atom stereocenters. The first-order valence-electron chi connectivity index (χ1n) is 10.7. The molecule has 4 rings (SSSR count). The van der Waals surface area contributed by atoms with Crippen LogP contribution in [0, 0.1) is 0 Å². The predicted octanol–water partition coefficient (Wildman–Crippen LogP) is 1.19. The maximum Gasteiger partial charge on any atom is 0.341 e. The molecule has 0 radical (unpaired) electrons. The van der Waals surface area contributed by atoms with Gasteiger partial charge in [-0.05, 0) is 31.3 Å². The van der Waals surface area contributed by atoms with Crippen LogP contribution in [0.15, 0.2) is 41.3 Å². The van der Waals surface area contributed by atoms with Crippen LogP contribution in [0.1, 0.15) is 10.4 Å². The molecule has 12 heteroatoms. The van der Waals surface area contributed by atoms with Gasteiger partial charge < -0.3 is 19.6 Å². The van der Waals surface area contributed by atoms with E-state index < -0.39 is 26.4 Å². The minimum absolute atomic E-state index is 0.234. The number of alkyl halides is 2. The zero-order valence-corrected chi connectivity index (χ0v) is 19.1. The Kier molecular flexibility index (Phi) is 6.75. The number of benzene rings is 1. The molecule has 2 fully saturated rings. The van der Waals surface area contributed by atoms with E-state index in [0.29, 0.717) is 32.0 Å². The lowest BCUT2D eigenvalue weighted by atomic mass is 10.2. The molecule has 1 amide bonds. The molecule has 2 aliphatic rings. The van der Waals surface area contributed by atoms with Gasteiger partial charge in [-0.15, -0.1) is 10.2 Å². The molecular weight excluding hydrogens is 454 g/mol. The number of carbonyl (C=O) groups is 1. The second-order valence-electron chi connectivity index (χ2n) is 8.12. The van der Waals surface area contributed by atoms with E-state index >= 15 is 0 Å². The maximum atomic E-state index is 13.0. The number of likely N-dealkylation sites (N-methyl/N-ethyl adjacent to an activating group) is 1. The van der Waals surface area contributed by atoms with Crippen LogP contribution < -0.4 is 9.80 Å². The van der Waals surface area contributed by atoms with Crippen molar-refractivity contribution in [3.8, 4) is 0 Å². The van der Waals surface area contributed by atoms with Crippen molar-refractivity contribution >= 4 is 27.4 Å². The van der Waals surface area contributed by atoms with Gasteiger partial charge in [0.2, 0.25) is 9.84 Å². The fourth-order valence-corrected chi connectivity index (χ4v) is 4.91. The molecule has 1 aromatic carbocycles. The summed E-state index contributed by atoms with van der Waals surface area (Å²) in [6.45, 7) is 5.30. The van der Waals surface area contributed by atoms with E-state index in [0.717, 1.165) is 38.1 Å². The largest absolute Gasteiger partial charge is 0.353 e. The number of amides is 1. The number of piperazine rings is 2. The van der Waals surface area contributed by atoms with Crippen molar-refractivity contribution in [2.75, 3.05) is 69.2 Å². The molecule has 9 nitrogen and oxygen atoms in total. The Bertz CT molecular complexity index is 1080. The number of halogens is 2. The van der Waals surface area contributed by atoms with Gasteiger partial charge in [-0.3, -0.25) is 4.79 Å². The molecule has 0 unspecified atom stereocenters. The Morgan fingerprint density at radius 2 is 1.36 bits per heavy atom. The summed E-state index contributed by atoms with van der Waals surface area (Å²) in [7, 11) is -2.79. The molecule has 3 heterocycles. The second kappa shape index (κ2) is 9.56. The molecule has 2 aromatic rings. The van der Waals surface area contributed by atoms with Crippen molar-refractivity contribution in [2.45, 2.75) is 10.7 Å². The molecule has 0 saturated carbocycles. The van der Waals surface area contributed by atoms with Crippen molar-refractivity contribution in [3.05, 3.63) is 42.0 Å². The lowest BCUT2D eigenvalue weighted by molar-refractivity contribution is 0.0742. The van der Waals surface area contributed by atoms with Crippen LogP contribution in [-0.2, 0) is 9.84 Å². The molecule has 0 bridgehead atoms. The summed E-state index contributed by atoms with van der Waals surface area (Å²) in [6, 6.07) is 8.95. The normalized spacial score (nSPS) is 18.1. The maximum absolute atomic E-state index is 13.0. The number of aromatic nitrogens is 2. The van der Waals surface area contributed by atoms with Crippen molar-refractivity contribution < 1.29 is 22.0 Å². The van der Waals surface area contributed by atoms with Crippen LogP contribution in [0.3, 0.4) is 0 Å². The van der Waals surface area contributed by atoms with E-state index in [1.807, 2.05) is 17.0 Å². The Hall–Kier alpha value is -2.86. The highest BCUT2D eigenvalue weighted by atomic mass is 32.2. The average Bonchev–Trinajstić information content (AvgIpc) is 2.84. The molecule has 0 aliphatic carbocycles. The molecule has 33 heavy (non-hydrogen) atoms. The summed E-state index contributed by atoms with van der Waals surface area (Å²) < 4.78 is 50.1. The van der Waals surface area contributed by atoms with Crippen molar-refractivity contribution in [1.82, 2.24) is 20.0 Å². The molecule has 0 N–H and O–H groups in total. The summed E-state index contributed by atoms with van der Waals surface area (Å²) in [6.07, 6.45) is 0. The van der Waals surface area contributed by atoms with Gasteiger partial charge in [0.1, 0.15) is 0 Å². The molecule has 1 aromatic heterocycles. The van der Waals surface area contributed by atoms with E-state index in [4.69, 9.17) is 0 Å². The zero-order valence-electron chi connectivity index (χ0n) is 18.3. The Morgan fingerprint density at radius 3 is 1.88 bits per heavy atom. The number of nitrogens with zero attached hydrogens (tertiary/aromatic N) is 6. The number of sulfone groups is 1. The molecule has 2 aliphatic heterocycles. The van der Waals surface area contributed by atoms with E-state index in [2.05, 4.69) is 27.0 Å². The monoisotopic (exact) mass is 480 g/mol. The van der Waals surface area contributed by atoms with Gasteiger partial charge in [0.05, 0.1) is 10.5 Å². The predicted molar refractivity (Wildman–Crippen MR) is 119 cm³/mol. The molecular formula is C21H26F2N6O3S. The third-order valence-corrected chi connectivity index (χ3v) is 7.45. The smallest absolute Gasteiger partial charge is 0.341 e. The summed E-state index contributed by atoms with van der Waals surface area (Å²) in [4.78, 5) is 20.2. The van der Waals surface area contributed by atoms with E-state index in [-0.39, 0.29) is 5.56 Å². The van der Waals surface area contributed by atoms with Gasteiger partial charge in [0.15, 0.2) is 11.6 Å². The fourth-order valence-electron chi connectivity index (χ4n) is 3.99. The highest BCUT2D eigenvalue weighted by Crippen LogP contribution is 2.24. The Labute approximate surface area is 191 Å². The Balaban J connectivity index is 1.40. The van der Waals surface area contributed by atoms with Crippen LogP contribution >= 0.6 is 0 Å². The molecule has 0 spiro atoms. The van der Waals surface area contributed by atoms with Gasteiger partial charge in [-0.1, -0.05) is 12.1 Å². The highest BCUT2D eigenvalue weighted by Gasteiger charge is 2.33. The summed E-state index contributed by atoms with van der Waals surface area (Å²) in [5.41, 5.74) is -0.234. The highest BCUT2D eigenvalue weighted by molar-refractivity contribution is 7.91. The topological polar surface area (TPSA) is 90.0 Å². The van der Waals surface area contributed by atoms with E-state index in [1.54, 1.807) is 0 Å². The zero-order chi connectivity index (χ0) is 23.6. The van der Waals surface area contributed by atoms with Crippen LogP contribution in [0.5, 0.6) is 0 Å². The molecule has 178 valence electrons. The van der Waals surface area contributed by atoms with Crippen LogP contribution in [0.4, 0.5) is 20.4 Å². The van der Waals surface area contributed by atoms with Crippen molar-refractivity contribution in [3.63, 3.8) is 0 Å². The third-order valence-electron chi connectivity index (χ3n) is 6.01. The minimum Gasteiger partial charge on any atom is -0.353 e. The summed E-state index contributed by atoms with van der Waals surface area (Å²) in [5.74, 6) is -2.64. The second-order valence-corrected chi connectivity index (χ2v) is 10.0.